The summed E-state index contributed by atoms with van der Waals surface area (Å²) in [6, 6.07) is 0. The number of alkyl halides is 1. The zero-order chi connectivity index (χ0) is 21.4. The summed E-state index contributed by atoms with van der Waals surface area (Å²) < 4.78 is 4.96. The first-order valence-electron chi connectivity index (χ1n) is 12.6. The average molecular weight is 433 g/mol. The normalized spacial score (nSPS) is 12.2. The predicted octanol–water partition coefficient (Wildman–Crippen LogP) is 7.95. The lowest BCUT2D eigenvalue weighted by molar-refractivity contribution is -0.146. The third kappa shape index (κ3) is 23.9. The smallest absolute Gasteiger partial charge is 0.305 e. The van der Waals surface area contributed by atoms with Gasteiger partial charge in [-0.05, 0) is 6.42 Å². The predicted molar refractivity (Wildman–Crippen MR) is 126 cm³/mol. The van der Waals surface area contributed by atoms with Gasteiger partial charge >= 0.3 is 5.97 Å². The van der Waals surface area contributed by atoms with Gasteiger partial charge in [0.05, 0.1) is 5.88 Å². The second-order valence-corrected chi connectivity index (χ2v) is 8.91. The van der Waals surface area contributed by atoms with E-state index >= 15 is 0 Å². The van der Waals surface area contributed by atoms with Crippen LogP contribution in [0.15, 0.2) is 0 Å². The van der Waals surface area contributed by atoms with Crippen molar-refractivity contribution in [2.45, 2.75) is 141 Å². The Morgan fingerprint density at radius 2 is 1.03 bits per heavy atom. The minimum absolute atomic E-state index is 0.0153. The standard InChI is InChI=1S/C25H49ClO3/c1-2-3-4-5-6-7-8-9-10-11-12-13-14-15-16-17-18-19-20-21-25(28)29-23-24(27)22-26/h24,27H,2-23H2,1H3. The van der Waals surface area contributed by atoms with Crippen LogP contribution in [0.2, 0.25) is 0 Å². The Kier molecular flexibility index (Phi) is 23.8. The summed E-state index contributed by atoms with van der Waals surface area (Å²) in [6.07, 6.45) is 25.3. The van der Waals surface area contributed by atoms with Crippen LogP contribution in [-0.2, 0) is 9.53 Å². The fraction of sp³-hybridized carbons (Fsp3) is 0.960. The van der Waals surface area contributed by atoms with Crippen LogP contribution in [0.3, 0.4) is 0 Å². The zero-order valence-electron chi connectivity index (χ0n) is 19.3. The number of ether oxygens (including phenoxy) is 1. The Labute approximate surface area is 186 Å². The molecule has 0 aliphatic heterocycles. The fourth-order valence-electron chi connectivity index (χ4n) is 3.65. The van der Waals surface area contributed by atoms with Gasteiger partial charge in [-0.15, -0.1) is 11.6 Å². The molecular weight excluding hydrogens is 384 g/mol. The van der Waals surface area contributed by atoms with Gasteiger partial charge in [-0.1, -0.05) is 122 Å². The van der Waals surface area contributed by atoms with E-state index in [0.29, 0.717) is 6.42 Å². The molecule has 0 saturated carbocycles. The largest absolute Gasteiger partial charge is 0.463 e. The molecule has 0 aromatic rings. The zero-order valence-corrected chi connectivity index (χ0v) is 20.0. The Hall–Kier alpha value is -0.280. The van der Waals surface area contributed by atoms with Crippen LogP contribution >= 0.6 is 11.6 Å². The molecule has 0 bridgehead atoms. The van der Waals surface area contributed by atoms with E-state index in [1.54, 1.807) is 0 Å². The topological polar surface area (TPSA) is 46.5 Å². The third-order valence-corrected chi connectivity index (χ3v) is 5.96. The monoisotopic (exact) mass is 432 g/mol. The number of aliphatic hydroxyl groups is 1. The minimum atomic E-state index is -0.745. The lowest BCUT2D eigenvalue weighted by Crippen LogP contribution is -2.19. The summed E-state index contributed by atoms with van der Waals surface area (Å²) in [5, 5.41) is 9.23. The maximum absolute atomic E-state index is 11.5. The quantitative estimate of drug-likeness (QED) is 0.101. The van der Waals surface area contributed by atoms with Crippen LogP contribution < -0.4 is 0 Å². The summed E-state index contributed by atoms with van der Waals surface area (Å²) in [5.41, 5.74) is 0. The first-order chi connectivity index (χ1) is 14.2. The molecule has 0 aliphatic carbocycles. The second kappa shape index (κ2) is 24.0. The van der Waals surface area contributed by atoms with E-state index in [9.17, 15) is 9.90 Å². The number of esters is 1. The Bertz CT molecular complexity index is 336. The van der Waals surface area contributed by atoms with Gasteiger partial charge in [0, 0.05) is 6.42 Å². The van der Waals surface area contributed by atoms with Crippen molar-refractivity contribution >= 4 is 17.6 Å². The number of unbranched alkanes of at least 4 members (excludes halogenated alkanes) is 18. The van der Waals surface area contributed by atoms with E-state index in [1.807, 2.05) is 0 Å². The van der Waals surface area contributed by atoms with Gasteiger partial charge in [0.2, 0.25) is 0 Å². The van der Waals surface area contributed by atoms with Crippen molar-refractivity contribution in [3.05, 3.63) is 0 Å². The molecule has 1 N–H and O–H groups in total. The van der Waals surface area contributed by atoms with Crippen molar-refractivity contribution in [2.24, 2.45) is 0 Å². The minimum Gasteiger partial charge on any atom is -0.463 e. The third-order valence-electron chi connectivity index (χ3n) is 5.60. The van der Waals surface area contributed by atoms with Crippen LogP contribution in [0, 0.1) is 0 Å². The molecule has 0 spiro atoms. The number of carbonyl (C=O) groups is 1. The van der Waals surface area contributed by atoms with Crippen molar-refractivity contribution in [1.82, 2.24) is 0 Å². The van der Waals surface area contributed by atoms with Crippen molar-refractivity contribution < 1.29 is 14.6 Å². The van der Waals surface area contributed by atoms with E-state index < -0.39 is 6.10 Å². The maximum Gasteiger partial charge on any atom is 0.305 e. The summed E-state index contributed by atoms with van der Waals surface area (Å²) in [4.78, 5) is 11.5. The molecule has 1 unspecified atom stereocenters. The van der Waals surface area contributed by atoms with E-state index in [1.165, 1.54) is 109 Å². The molecule has 0 aliphatic rings. The number of hydrogen-bond acceptors (Lipinski definition) is 3. The molecule has 0 heterocycles. The molecule has 0 radical (unpaired) electrons. The van der Waals surface area contributed by atoms with Gasteiger partial charge in [0.25, 0.3) is 0 Å². The first kappa shape index (κ1) is 28.7. The van der Waals surface area contributed by atoms with E-state index in [-0.39, 0.29) is 18.5 Å². The SMILES string of the molecule is CCCCCCCCCCCCCCCCCCCCCC(=O)OCC(O)CCl. The van der Waals surface area contributed by atoms with Crippen molar-refractivity contribution in [2.75, 3.05) is 12.5 Å². The van der Waals surface area contributed by atoms with Gasteiger partial charge in [-0.25, -0.2) is 0 Å². The molecule has 1 atom stereocenters. The van der Waals surface area contributed by atoms with Crippen LogP contribution in [0.25, 0.3) is 0 Å². The molecule has 0 aromatic carbocycles. The molecule has 3 nitrogen and oxygen atoms in total. The molecule has 174 valence electrons. The maximum atomic E-state index is 11.5. The Morgan fingerprint density at radius 1 is 0.690 bits per heavy atom. The summed E-state index contributed by atoms with van der Waals surface area (Å²) in [7, 11) is 0. The van der Waals surface area contributed by atoms with Crippen LogP contribution in [0.4, 0.5) is 0 Å². The van der Waals surface area contributed by atoms with Crippen molar-refractivity contribution in [1.29, 1.82) is 0 Å². The van der Waals surface area contributed by atoms with Crippen LogP contribution in [0.5, 0.6) is 0 Å². The van der Waals surface area contributed by atoms with Crippen LogP contribution in [-0.4, -0.2) is 29.7 Å². The van der Waals surface area contributed by atoms with E-state index in [0.717, 1.165) is 12.8 Å². The van der Waals surface area contributed by atoms with E-state index in [4.69, 9.17) is 16.3 Å². The number of hydrogen-bond donors (Lipinski definition) is 1. The second-order valence-electron chi connectivity index (χ2n) is 8.61. The highest BCUT2D eigenvalue weighted by atomic mass is 35.5. The van der Waals surface area contributed by atoms with Gasteiger partial charge in [0.1, 0.15) is 12.7 Å². The van der Waals surface area contributed by atoms with E-state index in [2.05, 4.69) is 6.92 Å². The highest BCUT2D eigenvalue weighted by molar-refractivity contribution is 6.18. The Morgan fingerprint density at radius 3 is 1.38 bits per heavy atom. The number of halogens is 1. The average Bonchev–Trinajstić information content (AvgIpc) is 2.73. The number of carbonyl (C=O) groups excluding carboxylic acids is 1. The highest BCUT2D eigenvalue weighted by Crippen LogP contribution is 2.14. The fourth-order valence-corrected chi connectivity index (χ4v) is 3.74. The van der Waals surface area contributed by atoms with Crippen molar-refractivity contribution in [3.63, 3.8) is 0 Å². The molecule has 0 amide bonds. The molecule has 4 heteroatoms. The molecule has 0 rings (SSSR count). The Balaban J connectivity index is 3.11. The summed E-state index contributed by atoms with van der Waals surface area (Å²) in [5.74, 6) is -0.117. The lowest BCUT2D eigenvalue weighted by atomic mass is 10.0. The van der Waals surface area contributed by atoms with Crippen LogP contribution in [0.1, 0.15) is 135 Å². The highest BCUT2D eigenvalue weighted by Gasteiger charge is 2.07. The molecule has 0 fully saturated rings. The molecule has 0 saturated heterocycles. The van der Waals surface area contributed by atoms with Gasteiger partial charge in [0.15, 0.2) is 0 Å². The molecular formula is C25H49ClO3. The lowest BCUT2D eigenvalue weighted by Gasteiger charge is -2.08. The number of rotatable bonds is 23. The summed E-state index contributed by atoms with van der Waals surface area (Å²) in [6.45, 7) is 2.30. The van der Waals surface area contributed by atoms with Gasteiger partial charge in [-0.3, -0.25) is 4.79 Å². The number of aliphatic hydroxyl groups excluding tert-OH is 1. The van der Waals surface area contributed by atoms with Crippen molar-refractivity contribution in [3.8, 4) is 0 Å². The van der Waals surface area contributed by atoms with Gasteiger partial charge < -0.3 is 9.84 Å². The first-order valence-corrected chi connectivity index (χ1v) is 13.1. The van der Waals surface area contributed by atoms with Gasteiger partial charge in [-0.2, -0.15) is 0 Å². The summed E-state index contributed by atoms with van der Waals surface area (Å²) >= 11 is 5.46. The molecule has 0 aromatic heterocycles. The molecule has 29 heavy (non-hydrogen) atoms.